The standard InChI is InChI=1S/C24H20ClF3N4O2/c1-13-3-4-15(7-13)12-33-20-6-5-16(8-14(20)2)23-30-21(31-34-23)19-11-32-10-17(24(26,27)28)9-18(25)22(32)29-19/h5-6,8-11,15H,1,3-4,7,12H2,2H3. The first-order valence-electron chi connectivity index (χ1n) is 10.7. The molecule has 1 aliphatic rings. The molecule has 3 aromatic heterocycles. The maximum Gasteiger partial charge on any atom is 0.417 e. The van der Waals surface area contributed by atoms with Crippen LogP contribution >= 0.6 is 11.6 Å². The Balaban J connectivity index is 1.36. The van der Waals surface area contributed by atoms with Crippen LogP contribution in [0.1, 0.15) is 30.4 Å². The molecule has 1 saturated carbocycles. The molecule has 6 nitrogen and oxygen atoms in total. The molecule has 5 rings (SSSR count). The number of pyridine rings is 1. The van der Waals surface area contributed by atoms with Gasteiger partial charge in [0, 0.05) is 18.0 Å². The zero-order chi connectivity index (χ0) is 24.0. The number of nitrogens with zero attached hydrogens (tertiary/aromatic N) is 4. The lowest BCUT2D eigenvalue weighted by molar-refractivity contribution is -0.137. The molecule has 0 N–H and O–H groups in total. The van der Waals surface area contributed by atoms with Gasteiger partial charge in [0.2, 0.25) is 5.82 Å². The van der Waals surface area contributed by atoms with E-state index in [9.17, 15) is 13.2 Å². The summed E-state index contributed by atoms with van der Waals surface area (Å²) in [4.78, 5) is 8.63. The Bertz CT molecular complexity index is 1390. The van der Waals surface area contributed by atoms with Crippen LogP contribution in [-0.4, -0.2) is 26.1 Å². The van der Waals surface area contributed by atoms with Crippen LogP contribution in [0, 0.1) is 12.8 Å². The number of hydrogen-bond acceptors (Lipinski definition) is 5. The lowest BCUT2D eigenvalue weighted by Gasteiger charge is -2.13. The van der Waals surface area contributed by atoms with Crippen LogP contribution in [0.15, 0.2) is 53.3 Å². The third-order valence-corrected chi connectivity index (χ3v) is 6.15. The van der Waals surface area contributed by atoms with Crippen molar-refractivity contribution in [3.63, 3.8) is 0 Å². The molecule has 1 unspecified atom stereocenters. The van der Waals surface area contributed by atoms with Gasteiger partial charge in [-0.3, -0.25) is 0 Å². The number of allylic oxidation sites excluding steroid dienone is 1. The summed E-state index contributed by atoms with van der Waals surface area (Å²) < 4.78 is 51.8. The first-order chi connectivity index (χ1) is 16.2. The van der Waals surface area contributed by atoms with E-state index < -0.39 is 11.7 Å². The lowest BCUT2D eigenvalue weighted by Crippen LogP contribution is -2.08. The monoisotopic (exact) mass is 488 g/mol. The second-order valence-electron chi connectivity index (χ2n) is 8.50. The molecule has 0 bridgehead atoms. The summed E-state index contributed by atoms with van der Waals surface area (Å²) in [7, 11) is 0. The molecular formula is C24H20ClF3N4O2. The van der Waals surface area contributed by atoms with Crippen LogP contribution in [0.4, 0.5) is 13.2 Å². The van der Waals surface area contributed by atoms with Crippen LogP contribution in [0.3, 0.4) is 0 Å². The summed E-state index contributed by atoms with van der Waals surface area (Å²) in [5.41, 5.74) is 2.43. The number of aryl methyl sites for hydroxylation is 1. The van der Waals surface area contributed by atoms with Crippen LogP contribution in [0.5, 0.6) is 5.75 Å². The van der Waals surface area contributed by atoms with Gasteiger partial charge in [0.05, 0.1) is 17.2 Å². The highest BCUT2D eigenvalue weighted by Gasteiger charge is 2.32. The largest absolute Gasteiger partial charge is 0.493 e. The van der Waals surface area contributed by atoms with E-state index in [1.165, 1.54) is 16.2 Å². The molecular weight excluding hydrogens is 469 g/mol. The molecule has 1 aliphatic carbocycles. The molecule has 10 heteroatoms. The fourth-order valence-corrected chi connectivity index (χ4v) is 4.34. The van der Waals surface area contributed by atoms with Crippen molar-refractivity contribution in [3.05, 3.63) is 65.0 Å². The van der Waals surface area contributed by atoms with E-state index >= 15 is 0 Å². The van der Waals surface area contributed by atoms with E-state index in [4.69, 9.17) is 20.9 Å². The van der Waals surface area contributed by atoms with Gasteiger partial charge in [-0.15, -0.1) is 0 Å². The third-order valence-electron chi connectivity index (χ3n) is 5.87. The zero-order valence-corrected chi connectivity index (χ0v) is 19.0. The first-order valence-corrected chi connectivity index (χ1v) is 11.0. The lowest BCUT2D eigenvalue weighted by atomic mass is 10.1. The van der Waals surface area contributed by atoms with E-state index in [-0.39, 0.29) is 28.1 Å². The first kappa shape index (κ1) is 22.5. The smallest absolute Gasteiger partial charge is 0.417 e. The van der Waals surface area contributed by atoms with Gasteiger partial charge in [0.25, 0.3) is 5.89 Å². The van der Waals surface area contributed by atoms with Gasteiger partial charge < -0.3 is 13.7 Å². The number of alkyl halides is 3. The van der Waals surface area contributed by atoms with Gasteiger partial charge in [-0.05, 0) is 61.9 Å². The second kappa shape index (κ2) is 8.47. The predicted molar refractivity (Wildman–Crippen MR) is 121 cm³/mol. The Morgan fingerprint density at radius 1 is 1.24 bits per heavy atom. The number of imidazole rings is 1. The number of aromatic nitrogens is 4. The highest BCUT2D eigenvalue weighted by Crippen LogP contribution is 2.34. The van der Waals surface area contributed by atoms with E-state index in [1.807, 2.05) is 25.1 Å². The fraction of sp³-hybridized carbons (Fsp3) is 0.292. The van der Waals surface area contributed by atoms with Crippen LogP contribution in [0.25, 0.3) is 28.6 Å². The Morgan fingerprint density at radius 2 is 2.06 bits per heavy atom. The maximum atomic E-state index is 13.1. The quantitative estimate of drug-likeness (QED) is 0.290. The zero-order valence-electron chi connectivity index (χ0n) is 18.2. The van der Waals surface area contributed by atoms with Crippen molar-refractivity contribution in [3.8, 4) is 28.7 Å². The third kappa shape index (κ3) is 4.40. The predicted octanol–water partition coefficient (Wildman–Crippen LogP) is 6.77. The summed E-state index contributed by atoms with van der Waals surface area (Å²) in [5, 5.41) is 3.81. The number of hydrogen-bond donors (Lipinski definition) is 0. The van der Waals surface area contributed by atoms with E-state index in [1.54, 1.807) is 0 Å². The van der Waals surface area contributed by atoms with Crippen molar-refractivity contribution in [2.75, 3.05) is 6.61 Å². The number of fused-ring (bicyclic) bond motifs is 1. The van der Waals surface area contributed by atoms with Gasteiger partial charge in [-0.1, -0.05) is 28.9 Å². The summed E-state index contributed by atoms with van der Waals surface area (Å²) in [6.07, 6.45) is 0.946. The van der Waals surface area contributed by atoms with Crippen molar-refractivity contribution in [1.82, 2.24) is 19.5 Å². The van der Waals surface area contributed by atoms with Crippen molar-refractivity contribution < 1.29 is 22.4 Å². The maximum absolute atomic E-state index is 13.1. The average molecular weight is 489 g/mol. The van der Waals surface area contributed by atoms with E-state index in [0.717, 1.165) is 42.8 Å². The Labute approximate surface area is 198 Å². The summed E-state index contributed by atoms with van der Waals surface area (Å²) in [6.45, 7) is 6.63. The molecule has 1 atom stereocenters. The topological polar surface area (TPSA) is 65.5 Å². The summed E-state index contributed by atoms with van der Waals surface area (Å²) >= 11 is 6.01. The molecule has 1 fully saturated rings. The number of benzene rings is 1. The van der Waals surface area contributed by atoms with Gasteiger partial charge in [-0.25, -0.2) is 4.98 Å². The number of rotatable bonds is 5. The minimum absolute atomic E-state index is 0.127. The Kier molecular flexibility index (Phi) is 5.59. The molecule has 0 saturated heterocycles. The Hall–Kier alpha value is -3.33. The number of halogens is 4. The molecule has 34 heavy (non-hydrogen) atoms. The van der Waals surface area contributed by atoms with E-state index in [0.29, 0.717) is 18.1 Å². The highest BCUT2D eigenvalue weighted by atomic mass is 35.5. The van der Waals surface area contributed by atoms with Crippen LogP contribution in [0.2, 0.25) is 5.02 Å². The van der Waals surface area contributed by atoms with Gasteiger partial charge >= 0.3 is 6.18 Å². The SMILES string of the molecule is C=C1CCC(COc2ccc(-c3nc(-c4cn5cc(C(F)(F)F)cc(Cl)c5n4)no3)cc2C)C1. The molecule has 0 aliphatic heterocycles. The van der Waals surface area contributed by atoms with Crippen molar-refractivity contribution in [2.24, 2.45) is 5.92 Å². The van der Waals surface area contributed by atoms with E-state index in [2.05, 4.69) is 21.7 Å². The molecule has 0 radical (unpaired) electrons. The molecule has 3 heterocycles. The normalized spacial score (nSPS) is 16.5. The van der Waals surface area contributed by atoms with Gasteiger partial charge in [-0.2, -0.15) is 18.2 Å². The Morgan fingerprint density at radius 3 is 2.76 bits per heavy atom. The molecule has 4 aromatic rings. The van der Waals surface area contributed by atoms with Crippen molar-refractivity contribution in [2.45, 2.75) is 32.4 Å². The minimum Gasteiger partial charge on any atom is -0.493 e. The summed E-state index contributed by atoms with van der Waals surface area (Å²) in [5.74, 6) is 1.69. The van der Waals surface area contributed by atoms with Crippen molar-refractivity contribution in [1.29, 1.82) is 0 Å². The van der Waals surface area contributed by atoms with Gasteiger partial charge in [0.15, 0.2) is 5.65 Å². The minimum atomic E-state index is -4.53. The summed E-state index contributed by atoms with van der Waals surface area (Å²) in [6, 6.07) is 6.41. The van der Waals surface area contributed by atoms with Crippen molar-refractivity contribution >= 4 is 17.2 Å². The van der Waals surface area contributed by atoms with Crippen LogP contribution < -0.4 is 4.74 Å². The molecule has 1 aromatic carbocycles. The second-order valence-corrected chi connectivity index (χ2v) is 8.91. The van der Waals surface area contributed by atoms with Crippen LogP contribution in [-0.2, 0) is 6.18 Å². The molecule has 0 spiro atoms. The van der Waals surface area contributed by atoms with Gasteiger partial charge in [0.1, 0.15) is 11.4 Å². The fourth-order valence-electron chi connectivity index (χ4n) is 4.08. The number of ether oxygens (including phenoxy) is 1. The average Bonchev–Trinajstić information content (AvgIpc) is 3.51. The molecule has 0 amide bonds. The highest BCUT2D eigenvalue weighted by molar-refractivity contribution is 6.33. The molecule has 176 valence electrons.